The number of methoxy groups -OCH3 is 9. The fourth-order valence-corrected chi connectivity index (χ4v) is 5.09. The highest BCUT2D eigenvalue weighted by Gasteiger charge is 2.21. The molecular weight excluding hydrogens is 666 g/mol. The molecule has 0 aliphatic heterocycles. The molecule has 4 rings (SSSR count). The summed E-state index contributed by atoms with van der Waals surface area (Å²) in [5.74, 6) is 0.903. The zero-order chi connectivity index (χ0) is 37.2. The molecule has 0 saturated carbocycles. The summed E-state index contributed by atoms with van der Waals surface area (Å²) in [6, 6.07) is 13.4. The standard InChI is InChI=1S/C36H39N3O12/c1-43-25-12-20(13-26(44-2)31(25)49-7)35(41)37-22-10-19(34(40)39-24-17-29(47-5)33(51-9)30(18-24)48-6)11-23(16-22)38-36(42)21-14-27(45-3)32(50-8)28(15-21)46-4/h10-18H,1-9H3,(H,37,41)(H,38,42)(H,39,40). The van der Waals surface area contributed by atoms with Crippen molar-refractivity contribution in [3.63, 3.8) is 0 Å². The van der Waals surface area contributed by atoms with E-state index in [2.05, 4.69) is 16.0 Å². The van der Waals surface area contributed by atoms with Gasteiger partial charge in [-0.15, -0.1) is 0 Å². The number of nitrogens with one attached hydrogen (secondary N) is 3. The Morgan fingerprint density at radius 3 is 0.824 bits per heavy atom. The van der Waals surface area contributed by atoms with Gasteiger partial charge in [-0.3, -0.25) is 14.4 Å². The summed E-state index contributed by atoms with van der Waals surface area (Å²) in [7, 11) is 13.0. The van der Waals surface area contributed by atoms with Crippen molar-refractivity contribution in [1.29, 1.82) is 0 Å². The molecular formula is C36H39N3O12. The normalized spacial score (nSPS) is 10.3. The van der Waals surface area contributed by atoms with E-state index in [0.717, 1.165) is 0 Å². The van der Waals surface area contributed by atoms with Crippen LogP contribution in [-0.2, 0) is 0 Å². The number of hydrogen-bond acceptors (Lipinski definition) is 12. The summed E-state index contributed by atoms with van der Waals surface area (Å²) in [5.41, 5.74) is 1.08. The van der Waals surface area contributed by atoms with Crippen LogP contribution in [0, 0.1) is 0 Å². The highest BCUT2D eigenvalue weighted by molar-refractivity contribution is 6.10. The fourth-order valence-electron chi connectivity index (χ4n) is 5.09. The minimum Gasteiger partial charge on any atom is -0.493 e. The molecule has 0 atom stereocenters. The molecule has 0 aliphatic rings. The number of hydrogen-bond donors (Lipinski definition) is 3. The van der Waals surface area contributed by atoms with E-state index in [1.807, 2.05) is 0 Å². The van der Waals surface area contributed by atoms with E-state index in [4.69, 9.17) is 42.6 Å². The molecule has 0 bridgehead atoms. The number of anilines is 3. The molecule has 0 aliphatic carbocycles. The molecule has 270 valence electrons. The maximum atomic E-state index is 13.7. The molecule has 0 fully saturated rings. The minimum absolute atomic E-state index is 0.0756. The molecule has 15 nitrogen and oxygen atoms in total. The predicted octanol–water partition coefficient (Wildman–Crippen LogP) is 5.52. The van der Waals surface area contributed by atoms with Crippen molar-refractivity contribution >= 4 is 34.8 Å². The van der Waals surface area contributed by atoms with E-state index in [9.17, 15) is 14.4 Å². The van der Waals surface area contributed by atoms with Crippen molar-refractivity contribution in [3.05, 3.63) is 71.3 Å². The molecule has 3 N–H and O–H groups in total. The molecule has 0 heterocycles. The molecule has 0 aromatic heterocycles. The summed E-state index contributed by atoms with van der Waals surface area (Å²) in [4.78, 5) is 40.8. The molecule has 4 aromatic rings. The van der Waals surface area contributed by atoms with Crippen LogP contribution in [0.1, 0.15) is 31.1 Å². The van der Waals surface area contributed by atoms with Gasteiger partial charge in [0.2, 0.25) is 17.2 Å². The molecule has 0 spiro atoms. The second-order valence-corrected chi connectivity index (χ2v) is 10.4. The van der Waals surface area contributed by atoms with Crippen LogP contribution in [0.15, 0.2) is 54.6 Å². The van der Waals surface area contributed by atoms with E-state index >= 15 is 0 Å². The number of ether oxygens (including phenoxy) is 9. The molecule has 0 saturated heterocycles. The van der Waals surface area contributed by atoms with Crippen LogP contribution in [0.5, 0.6) is 51.7 Å². The van der Waals surface area contributed by atoms with Gasteiger partial charge < -0.3 is 58.6 Å². The monoisotopic (exact) mass is 705 g/mol. The van der Waals surface area contributed by atoms with Crippen LogP contribution < -0.4 is 58.6 Å². The first-order valence-corrected chi connectivity index (χ1v) is 15.1. The smallest absolute Gasteiger partial charge is 0.255 e. The quantitative estimate of drug-likeness (QED) is 0.142. The van der Waals surface area contributed by atoms with Crippen molar-refractivity contribution in [1.82, 2.24) is 0 Å². The highest BCUT2D eigenvalue weighted by atomic mass is 16.5. The minimum atomic E-state index is -0.587. The lowest BCUT2D eigenvalue weighted by Crippen LogP contribution is -2.17. The van der Waals surface area contributed by atoms with Gasteiger partial charge in [-0.1, -0.05) is 0 Å². The largest absolute Gasteiger partial charge is 0.493 e. The second kappa shape index (κ2) is 16.7. The van der Waals surface area contributed by atoms with Gasteiger partial charge in [0.15, 0.2) is 34.5 Å². The third-order valence-electron chi connectivity index (χ3n) is 7.49. The lowest BCUT2D eigenvalue weighted by atomic mass is 10.1. The number of rotatable bonds is 15. The Labute approximate surface area is 294 Å². The average molecular weight is 706 g/mol. The Morgan fingerprint density at radius 2 is 0.569 bits per heavy atom. The molecule has 15 heteroatoms. The maximum absolute atomic E-state index is 13.7. The van der Waals surface area contributed by atoms with Crippen LogP contribution in [-0.4, -0.2) is 81.7 Å². The lowest BCUT2D eigenvalue weighted by molar-refractivity contribution is 0.101. The number of carbonyl (C=O) groups is 3. The SMILES string of the molecule is COc1cc(NC(=O)c2cc(NC(=O)c3cc(OC)c(OC)c(OC)c3)cc(NC(=O)c3cc(OC)c(OC)c(OC)c3)c2)cc(OC)c1OC. The van der Waals surface area contributed by atoms with E-state index in [-0.39, 0.29) is 51.1 Å². The van der Waals surface area contributed by atoms with Crippen molar-refractivity contribution in [3.8, 4) is 51.7 Å². The van der Waals surface area contributed by atoms with Crippen LogP contribution in [0.25, 0.3) is 0 Å². The Bertz CT molecular complexity index is 1760. The molecule has 4 aromatic carbocycles. The Balaban J connectivity index is 1.75. The van der Waals surface area contributed by atoms with Crippen molar-refractivity contribution < 1.29 is 57.0 Å². The predicted molar refractivity (Wildman–Crippen MR) is 189 cm³/mol. The fraction of sp³-hybridized carbons (Fsp3) is 0.250. The van der Waals surface area contributed by atoms with Gasteiger partial charge in [0.05, 0.1) is 64.0 Å². The third-order valence-corrected chi connectivity index (χ3v) is 7.49. The zero-order valence-electron chi connectivity index (χ0n) is 29.6. The van der Waals surface area contributed by atoms with E-state index in [1.54, 1.807) is 12.1 Å². The molecule has 0 unspecified atom stereocenters. The van der Waals surface area contributed by atoms with Gasteiger partial charge in [0.1, 0.15) is 0 Å². The number of benzene rings is 4. The topological polar surface area (TPSA) is 170 Å². The average Bonchev–Trinajstić information content (AvgIpc) is 3.15. The Hall–Kier alpha value is -6.51. The van der Waals surface area contributed by atoms with Crippen LogP contribution in [0.2, 0.25) is 0 Å². The summed E-state index contributed by atoms with van der Waals surface area (Å²) in [6.45, 7) is 0. The van der Waals surface area contributed by atoms with Crippen molar-refractivity contribution in [2.75, 3.05) is 79.9 Å². The zero-order valence-corrected chi connectivity index (χ0v) is 29.6. The van der Waals surface area contributed by atoms with Crippen molar-refractivity contribution in [2.45, 2.75) is 0 Å². The first kappa shape index (κ1) is 37.3. The Morgan fingerprint density at radius 1 is 0.333 bits per heavy atom. The van der Waals surface area contributed by atoms with Crippen LogP contribution in [0.3, 0.4) is 0 Å². The van der Waals surface area contributed by atoms with Gasteiger partial charge in [-0.2, -0.15) is 0 Å². The van der Waals surface area contributed by atoms with Gasteiger partial charge in [-0.25, -0.2) is 0 Å². The van der Waals surface area contributed by atoms with Crippen LogP contribution in [0.4, 0.5) is 17.1 Å². The van der Waals surface area contributed by atoms with E-state index in [0.29, 0.717) is 34.4 Å². The maximum Gasteiger partial charge on any atom is 0.255 e. The summed E-state index contributed by atoms with van der Waals surface area (Å²) in [6.07, 6.45) is 0. The highest BCUT2D eigenvalue weighted by Crippen LogP contribution is 2.41. The third kappa shape index (κ3) is 8.21. The first-order valence-electron chi connectivity index (χ1n) is 15.1. The first-order chi connectivity index (χ1) is 24.6. The molecule has 3 amide bonds. The van der Waals surface area contributed by atoms with Crippen molar-refractivity contribution in [2.24, 2.45) is 0 Å². The van der Waals surface area contributed by atoms with E-state index < -0.39 is 17.7 Å². The van der Waals surface area contributed by atoms with Gasteiger partial charge in [-0.05, 0) is 42.5 Å². The summed E-state index contributed by atoms with van der Waals surface area (Å²) < 4.78 is 48.5. The molecule has 0 radical (unpaired) electrons. The molecule has 51 heavy (non-hydrogen) atoms. The summed E-state index contributed by atoms with van der Waals surface area (Å²) >= 11 is 0. The number of amides is 3. The second-order valence-electron chi connectivity index (χ2n) is 10.4. The van der Waals surface area contributed by atoms with E-state index in [1.165, 1.54) is 106 Å². The Kier molecular flexibility index (Phi) is 12.2. The van der Waals surface area contributed by atoms with Gasteiger partial charge in [0.25, 0.3) is 17.7 Å². The van der Waals surface area contributed by atoms with Gasteiger partial charge >= 0.3 is 0 Å². The number of carbonyl (C=O) groups excluding carboxylic acids is 3. The lowest BCUT2D eigenvalue weighted by Gasteiger charge is -2.17. The van der Waals surface area contributed by atoms with Gasteiger partial charge in [0, 0.05) is 45.9 Å². The van der Waals surface area contributed by atoms with Crippen LogP contribution >= 0.6 is 0 Å². The summed E-state index contributed by atoms with van der Waals surface area (Å²) in [5, 5.41) is 8.35.